The number of hydrogen-bond acceptors (Lipinski definition) is 3. The normalized spacial score (nSPS) is 15.2. The van der Waals surface area contributed by atoms with E-state index in [4.69, 9.17) is 10.7 Å². The number of nitrogens with zero attached hydrogens (tertiary/aromatic N) is 4. The van der Waals surface area contributed by atoms with Gasteiger partial charge in [0.15, 0.2) is 0 Å². The van der Waals surface area contributed by atoms with Gasteiger partial charge in [0.25, 0.3) is 0 Å². The summed E-state index contributed by atoms with van der Waals surface area (Å²) < 4.78 is 4.14. The molecule has 2 N–H and O–H groups in total. The fraction of sp³-hybridized carbons (Fsp3) is 0.538. The lowest BCUT2D eigenvalue weighted by atomic mass is 10.3. The number of hydrogen-bond donors (Lipinski definition) is 1. The zero-order chi connectivity index (χ0) is 12.7. The third-order valence-electron chi connectivity index (χ3n) is 3.54. The molecule has 0 bridgehead atoms. The van der Waals surface area contributed by atoms with Crippen LogP contribution in [0.1, 0.15) is 37.9 Å². The molecule has 1 aliphatic carbocycles. The van der Waals surface area contributed by atoms with E-state index in [9.17, 15) is 0 Å². The van der Waals surface area contributed by atoms with Gasteiger partial charge in [0.2, 0.25) is 0 Å². The van der Waals surface area contributed by atoms with E-state index in [1.807, 2.05) is 24.1 Å². The van der Waals surface area contributed by atoms with E-state index in [-0.39, 0.29) is 0 Å². The zero-order valence-electron chi connectivity index (χ0n) is 10.9. The molecule has 0 unspecified atom stereocenters. The molecule has 0 amide bonds. The Morgan fingerprint density at radius 3 is 2.89 bits per heavy atom. The first-order valence-electron chi connectivity index (χ1n) is 6.55. The first kappa shape index (κ1) is 11.3. The number of nitrogen functional groups attached to an aromatic ring is 1. The van der Waals surface area contributed by atoms with E-state index < -0.39 is 0 Å². The maximum absolute atomic E-state index is 6.18. The highest BCUT2D eigenvalue weighted by Gasteiger charge is 2.30. The molecule has 0 aromatic carbocycles. The predicted octanol–water partition coefficient (Wildman–Crippen LogP) is 2.15. The molecule has 96 valence electrons. The minimum Gasteiger partial charge on any atom is -0.383 e. The number of aromatic nitrogens is 4. The van der Waals surface area contributed by atoms with Crippen molar-refractivity contribution in [2.45, 2.75) is 38.6 Å². The van der Waals surface area contributed by atoms with Gasteiger partial charge in [0.05, 0.1) is 18.2 Å². The second-order valence-corrected chi connectivity index (χ2v) is 5.01. The van der Waals surface area contributed by atoms with Crippen LogP contribution in [-0.4, -0.2) is 19.1 Å². The molecule has 0 aliphatic heterocycles. The van der Waals surface area contributed by atoms with Crippen molar-refractivity contribution in [2.75, 3.05) is 5.73 Å². The maximum atomic E-state index is 6.18. The first-order chi connectivity index (χ1) is 8.72. The van der Waals surface area contributed by atoms with Crippen molar-refractivity contribution in [1.29, 1.82) is 0 Å². The Labute approximate surface area is 107 Å². The molecule has 3 rings (SSSR count). The van der Waals surface area contributed by atoms with Crippen LogP contribution in [0.5, 0.6) is 0 Å². The van der Waals surface area contributed by atoms with Gasteiger partial charge in [-0.3, -0.25) is 0 Å². The predicted molar refractivity (Wildman–Crippen MR) is 71.1 cm³/mol. The fourth-order valence-electron chi connectivity index (χ4n) is 2.36. The van der Waals surface area contributed by atoms with Crippen molar-refractivity contribution >= 4 is 5.82 Å². The molecule has 5 nitrogen and oxygen atoms in total. The molecule has 0 radical (unpaired) electrons. The van der Waals surface area contributed by atoms with Crippen LogP contribution in [0.25, 0.3) is 11.4 Å². The number of anilines is 1. The van der Waals surface area contributed by atoms with Crippen LogP contribution in [0.3, 0.4) is 0 Å². The number of rotatable bonds is 4. The molecule has 2 aromatic heterocycles. The van der Waals surface area contributed by atoms with Gasteiger partial charge in [0, 0.05) is 19.5 Å². The quantitative estimate of drug-likeness (QED) is 0.897. The second kappa shape index (κ2) is 4.15. The maximum Gasteiger partial charge on any atom is 0.133 e. The highest BCUT2D eigenvalue weighted by Crippen LogP contribution is 2.41. The van der Waals surface area contributed by atoms with Crippen LogP contribution in [0.4, 0.5) is 5.82 Å². The van der Waals surface area contributed by atoms with Gasteiger partial charge in [-0.2, -0.15) is 0 Å². The van der Waals surface area contributed by atoms with Crippen LogP contribution in [0, 0.1) is 0 Å². The lowest BCUT2D eigenvalue weighted by Gasteiger charge is -2.05. The molecule has 18 heavy (non-hydrogen) atoms. The molecule has 1 aliphatic rings. The lowest BCUT2D eigenvalue weighted by Crippen LogP contribution is -2.02. The molecular weight excluding hydrogens is 226 g/mol. The van der Waals surface area contributed by atoms with Gasteiger partial charge < -0.3 is 14.9 Å². The van der Waals surface area contributed by atoms with Crippen LogP contribution >= 0.6 is 0 Å². The molecule has 0 atom stereocenters. The molecule has 2 heterocycles. The van der Waals surface area contributed by atoms with Crippen LogP contribution < -0.4 is 5.73 Å². The van der Waals surface area contributed by atoms with Crippen molar-refractivity contribution in [3.05, 3.63) is 18.3 Å². The van der Waals surface area contributed by atoms with Gasteiger partial charge in [0.1, 0.15) is 17.3 Å². The fourth-order valence-corrected chi connectivity index (χ4v) is 2.36. The van der Waals surface area contributed by atoms with Gasteiger partial charge in [-0.15, -0.1) is 0 Å². The van der Waals surface area contributed by atoms with Gasteiger partial charge in [-0.05, 0) is 19.3 Å². The molecule has 0 spiro atoms. The molecule has 1 saturated carbocycles. The average molecular weight is 245 g/mol. The average Bonchev–Trinajstić information content (AvgIpc) is 3.03. The van der Waals surface area contributed by atoms with Crippen molar-refractivity contribution in [1.82, 2.24) is 19.1 Å². The topological polar surface area (TPSA) is 61.7 Å². The Hall–Kier alpha value is -1.78. The molecular formula is C13H19N5. The van der Waals surface area contributed by atoms with Crippen molar-refractivity contribution in [3.8, 4) is 11.4 Å². The zero-order valence-corrected chi connectivity index (χ0v) is 10.9. The SMILES string of the molecule is CCCn1cncc1-c1nc(C2CC2)n(C)c1N. The number of imidazole rings is 2. The summed E-state index contributed by atoms with van der Waals surface area (Å²) in [5, 5.41) is 0. The molecule has 1 fully saturated rings. The lowest BCUT2D eigenvalue weighted by molar-refractivity contribution is 0.683. The third kappa shape index (κ3) is 1.70. The Bertz CT molecular complexity index is 562. The summed E-state index contributed by atoms with van der Waals surface area (Å²) in [5.74, 6) is 2.47. The Kier molecular flexibility index (Phi) is 2.61. The van der Waals surface area contributed by atoms with E-state index >= 15 is 0 Å². The Balaban J connectivity index is 2.05. The number of nitrogens with two attached hydrogens (primary N) is 1. The summed E-state index contributed by atoms with van der Waals surface area (Å²) in [6.07, 6.45) is 7.25. The van der Waals surface area contributed by atoms with Crippen molar-refractivity contribution in [2.24, 2.45) is 7.05 Å². The van der Waals surface area contributed by atoms with E-state index in [0.29, 0.717) is 5.92 Å². The standard InChI is InChI=1S/C13H19N5/c1-3-6-18-8-15-7-10(18)11-12(14)17(2)13(16-11)9-4-5-9/h7-9H,3-6,14H2,1-2H3. The minimum absolute atomic E-state index is 0.605. The Morgan fingerprint density at radius 1 is 1.44 bits per heavy atom. The van der Waals surface area contributed by atoms with Crippen molar-refractivity contribution in [3.63, 3.8) is 0 Å². The van der Waals surface area contributed by atoms with Crippen molar-refractivity contribution < 1.29 is 0 Å². The van der Waals surface area contributed by atoms with Gasteiger partial charge in [-0.1, -0.05) is 6.92 Å². The summed E-state index contributed by atoms with van der Waals surface area (Å²) in [6, 6.07) is 0. The van der Waals surface area contributed by atoms with E-state index in [2.05, 4.69) is 16.5 Å². The second-order valence-electron chi connectivity index (χ2n) is 5.01. The summed E-state index contributed by atoms with van der Waals surface area (Å²) in [6.45, 7) is 3.10. The molecule has 2 aromatic rings. The number of aryl methyl sites for hydroxylation is 1. The largest absolute Gasteiger partial charge is 0.383 e. The smallest absolute Gasteiger partial charge is 0.133 e. The summed E-state index contributed by atoms with van der Waals surface area (Å²) in [7, 11) is 2.00. The Morgan fingerprint density at radius 2 is 2.22 bits per heavy atom. The van der Waals surface area contributed by atoms with E-state index in [1.165, 1.54) is 12.8 Å². The molecule has 0 saturated heterocycles. The third-order valence-corrected chi connectivity index (χ3v) is 3.54. The van der Waals surface area contributed by atoms with Gasteiger partial charge in [-0.25, -0.2) is 9.97 Å². The highest BCUT2D eigenvalue weighted by atomic mass is 15.2. The minimum atomic E-state index is 0.605. The summed E-state index contributed by atoms with van der Waals surface area (Å²) in [4.78, 5) is 8.95. The van der Waals surface area contributed by atoms with Gasteiger partial charge >= 0.3 is 0 Å². The van der Waals surface area contributed by atoms with E-state index in [0.717, 1.165) is 36.0 Å². The van der Waals surface area contributed by atoms with E-state index in [1.54, 1.807) is 0 Å². The summed E-state index contributed by atoms with van der Waals surface area (Å²) in [5.41, 5.74) is 8.09. The van der Waals surface area contributed by atoms with Crippen LogP contribution in [0.15, 0.2) is 12.5 Å². The van der Waals surface area contributed by atoms with Crippen LogP contribution in [0.2, 0.25) is 0 Å². The first-order valence-corrected chi connectivity index (χ1v) is 6.55. The summed E-state index contributed by atoms with van der Waals surface area (Å²) >= 11 is 0. The highest BCUT2D eigenvalue weighted by molar-refractivity contribution is 5.68. The van der Waals surface area contributed by atoms with Crippen LogP contribution in [-0.2, 0) is 13.6 Å². The monoisotopic (exact) mass is 245 g/mol. The molecule has 5 heteroatoms.